The highest BCUT2D eigenvalue weighted by molar-refractivity contribution is 7.99. The Balaban J connectivity index is 0.595. The molecule has 12 rings (SSSR count). The number of likely N-dealkylation sites (tertiary alicyclic amines) is 2. The third kappa shape index (κ3) is 14.8. The zero-order valence-corrected chi connectivity index (χ0v) is 52.8. The van der Waals surface area contributed by atoms with Crippen LogP contribution in [-0.4, -0.2) is 170 Å². The summed E-state index contributed by atoms with van der Waals surface area (Å²) in [5.74, 6) is -1.28. The van der Waals surface area contributed by atoms with Crippen LogP contribution >= 0.6 is 46.7 Å². The Morgan fingerprint density at radius 2 is 1.03 bits per heavy atom. The lowest BCUT2D eigenvalue weighted by Gasteiger charge is -2.47. The number of hydrogen-bond acceptors (Lipinski definition) is 18. The van der Waals surface area contributed by atoms with Gasteiger partial charge in [-0.25, -0.2) is 17.6 Å². The predicted molar refractivity (Wildman–Crippen MR) is 337 cm³/mol. The molecule has 0 aromatic heterocycles. The number of nitrogens with two attached hydrogens (primary N) is 2. The van der Waals surface area contributed by atoms with Crippen LogP contribution in [0.4, 0.5) is 17.6 Å². The van der Waals surface area contributed by atoms with Crippen LogP contribution in [0.3, 0.4) is 0 Å². The van der Waals surface area contributed by atoms with Gasteiger partial charge < -0.3 is 70.5 Å². The summed E-state index contributed by atoms with van der Waals surface area (Å²) in [6, 6.07) is 30.0. The number of hydrogen-bond donors (Lipinski definition) is 8. The van der Waals surface area contributed by atoms with Crippen molar-refractivity contribution in [3.05, 3.63) is 199 Å². The van der Waals surface area contributed by atoms with Crippen molar-refractivity contribution in [1.29, 1.82) is 0 Å². The molecular formula is C67H74Cl2F4N4O12S2. The Hall–Kier alpha value is -4.64. The predicted octanol–water partition coefficient (Wildman–Crippen LogP) is 8.22. The number of aliphatic hydroxyl groups excluding tert-OH is 6. The molecular weight excluding hydrogens is 1260 g/mol. The Labute approximate surface area is 543 Å². The highest BCUT2D eigenvalue weighted by Crippen LogP contribution is 2.42. The summed E-state index contributed by atoms with van der Waals surface area (Å²) in [6.45, 7) is 3.20. The van der Waals surface area contributed by atoms with E-state index in [1.165, 1.54) is 11.8 Å². The van der Waals surface area contributed by atoms with Crippen molar-refractivity contribution >= 4 is 46.7 Å². The van der Waals surface area contributed by atoms with Gasteiger partial charge in [-0.05, 0) is 138 Å². The molecule has 0 spiro atoms. The van der Waals surface area contributed by atoms with Crippen LogP contribution in [0.5, 0.6) is 11.5 Å². The van der Waals surface area contributed by atoms with Crippen LogP contribution in [0, 0.1) is 23.3 Å². The van der Waals surface area contributed by atoms with Crippen molar-refractivity contribution in [1.82, 2.24) is 9.80 Å². The second kappa shape index (κ2) is 28.7. The average molecular weight is 1340 g/mol. The fourth-order valence-corrected chi connectivity index (χ4v) is 15.4. The number of benzene rings is 6. The van der Waals surface area contributed by atoms with Crippen LogP contribution in [-0.2, 0) is 37.5 Å². The summed E-state index contributed by atoms with van der Waals surface area (Å²) in [6.07, 6.45) is -8.00. The highest BCUT2D eigenvalue weighted by atomic mass is 35.5. The molecule has 6 saturated heterocycles. The Morgan fingerprint density at radius 1 is 0.527 bits per heavy atom. The smallest absolute Gasteiger partial charge is 0.133 e. The first-order valence-corrected chi connectivity index (χ1v) is 33.6. The van der Waals surface area contributed by atoms with Crippen molar-refractivity contribution in [2.75, 3.05) is 45.6 Å². The topological polar surface area (TPSA) is 235 Å². The Kier molecular flexibility index (Phi) is 21.0. The van der Waals surface area contributed by atoms with Crippen molar-refractivity contribution in [2.45, 2.75) is 146 Å². The minimum Gasteiger partial charge on any atom is -0.489 e. The molecule has 0 radical (unpaired) electrons. The number of aliphatic hydroxyl groups is 6. The van der Waals surface area contributed by atoms with E-state index in [0.717, 1.165) is 71.7 Å². The minimum atomic E-state index is -1.63. The molecule has 6 heterocycles. The molecule has 17 atom stereocenters. The van der Waals surface area contributed by atoms with Gasteiger partial charge in [0.15, 0.2) is 0 Å². The van der Waals surface area contributed by atoms with E-state index in [4.69, 9.17) is 63.1 Å². The van der Waals surface area contributed by atoms with Gasteiger partial charge in [0.05, 0.1) is 13.2 Å². The average Bonchev–Trinajstić information content (AvgIpc) is 1.29. The Morgan fingerprint density at radius 3 is 1.58 bits per heavy atom. The second-order valence-corrected chi connectivity index (χ2v) is 27.5. The maximum absolute atomic E-state index is 16.1. The number of thioether (sulfide) groups is 2. The van der Waals surface area contributed by atoms with Crippen LogP contribution in [0.2, 0.25) is 10.0 Å². The SMILES string of the molecule is CS[C@H]1O[C@@H](c2ccc(Cl)c(Cc3ccc(OC4CCN(C5COC(c6cc(F)c(CS[C@H]7O[C@@H](c8ccc(Cl)c(Cc9ccc(OC%10CN(C%11COC(c%12cc(F)ccc%12F)C(N)C%11)C%10)cc9)c8)[C@H](O)[C@@H](O)[C@@H]7O)cc6F)C(N)C5)C4)cc3)c2)[C@H](O)[C@@H](O)[C@@H]1O. The molecule has 0 aliphatic carbocycles. The van der Waals surface area contributed by atoms with Gasteiger partial charge in [0.25, 0.3) is 0 Å². The van der Waals surface area contributed by atoms with Gasteiger partial charge in [-0.3, -0.25) is 9.80 Å². The lowest BCUT2D eigenvalue weighted by molar-refractivity contribution is -0.200. The van der Waals surface area contributed by atoms with Gasteiger partial charge in [0, 0.05) is 82.8 Å². The molecule has 6 aliphatic rings. The number of halogens is 6. The van der Waals surface area contributed by atoms with Gasteiger partial charge in [0.1, 0.15) is 119 Å². The molecule has 91 heavy (non-hydrogen) atoms. The molecule has 6 aromatic rings. The summed E-state index contributed by atoms with van der Waals surface area (Å²) in [7, 11) is 0. The van der Waals surface area contributed by atoms with Crippen LogP contribution in [0.15, 0.2) is 115 Å². The van der Waals surface area contributed by atoms with Crippen molar-refractivity contribution < 1.29 is 76.6 Å². The van der Waals surface area contributed by atoms with Crippen LogP contribution in [0.25, 0.3) is 0 Å². The maximum Gasteiger partial charge on any atom is 0.133 e. The van der Waals surface area contributed by atoms with Gasteiger partial charge >= 0.3 is 0 Å². The summed E-state index contributed by atoms with van der Waals surface area (Å²) in [5.41, 5.74) is 15.8. The summed E-state index contributed by atoms with van der Waals surface area (Å²) >= 11 is 15.5. The summed E-state index contributed by atoms with van der Waals surface area (Å²) in [5, 5.41) is 66.0. The van der Waals surface area contributed by atoms with E-state index in [1.807, 2.05) is 54.6 Å². The molecule has 6 aliphatic heterocycles. The van der Waals surface area contributed by atoms with Crippen LogP contribution in [0.1, 0.15) is 93.7 Å². The number of ether oxygens (including phenoxy) is 6. The lowest BCUT2D eigenvalue weighted by Crippen LogP contribution is -2.61. The van der Waals surface area contributed by atoms with Crippen molar-refractivity contribution in [3.63, 3.8) is 0 Å². The van der Waals surface area contributed by atoms with E-state index in [-0.39, 0.29) is 53.3 Å². The third-order valence-electron chi connectivity index (χ3n) is 18.4. The number of nitrogens with zero attached hydrogens (tertiary/aromatic N) is 2. The van der Waals surface area contributed by atoms with Crippen molar-refractivity contribution in [2.24, 2.45) is 11.5 Å². The molecule has 0 saturated carbocycles. The van der Waals surface area contributed by atoms with E-state index in [1.54, 1.807) is 36.6 Å². The highest BCUT2D eigenvalue weighted by Gasteiger charge is 2.47. The molecule has 0 bridgehead atoms. The quantitative estimate of drug-likeness (QED) is 0.0379. The zero-order valence-electron chi connectivity index (χ0n) is 49.6. The first-order valence-electron chi connectivity index (χ1n) is 30.5. The summed E-state index contributed by atoms with van der Waals surface area (Å²) in [4.78, 5) is 4.46. The third-order valence-corrected chi connectivity index (χ3v) is 21.2. The monoisotopic (exact) mass is 1340 g/mol. The molecule has 0 amide bonds. The molecule has 16 nitrogen and oxygen atoms in total. The maximum atomic E-state index is 16.1. The van der Waals surface area contributed by atoms with Crippen LogP contribution < -0.4 is 20.9 Å². The minimum absolute atomic E-state index is 0.00472. The van der Waals surface area contributed by atoms with Gasteiger partial charge in [-0.15, -0.1) is 23.5 Å². The standard InChI is InChI=1S/C67H74Cl2F4N4O12S2/c1-90-66-60(82)56(78)58(80)62(88-66)35-6-13-49(68)37(20-35)18-33-2-9-43(10-3-33)86-45-16-17-76(27-45)41-24-54(74)65(84-30-41)48-26-52(72)39(22-53(48)73)32-91-67-61(83)57(79)59(81)63(89-67)36-7-14-50(69)38(21-36)19-34-4-11-44(12-5-34)87-46-28-77(29-46)42-25-55(75)64(85-31-42)47-23-40(70)8-15-51(47)71/h2-15,20-23,26,41-42,45-46,54-67,78-83H,16-19,24-25,27-32,74-75H2,1H3/t41?,42?,45?,54?,55?,56-,57-,58-,59-,60+,61+,62+,63+,64?,65?,66-,67-/m1/s1. The van der Waals surface area contributed by atoms with E-state index >= 15 is 8.78 Å². The molecule has 6 aromatic carbocycles. The first kappa shape index (κ1) is 66.4. The van der Waals surface area contributed by atoms with E-state index in [2.05, 4.69) is 9.80 Å². The largest absolute Gasteiger partial charge is 0.489 e. The second-order valence-electron chi connectivity index (χ2n) is 24.6. The fraction of sp³-hybridized carbons (Fsp3) is 0.463. The molecule has 7 unspecified atom stereocenters. The normalized spacial score (nSPS) is 31.7. The zero-order chi connectivity index (χ0) is 63.9. The first-order chi connectivity index (χ1) is 43.7. The van der Waals surface area contributed by atoms with Crippen molar-refractivity contribution in [3.8, 4) is 11.5 Å². The van der Waals surface area contributed by atoms with E-state index in [0.29, 0.717) is 90.2 Å². The molecule has 6 fully saturated rings. The number of rotatable bonds is 18. The van der Waals surface area contributed by atoms with Gasteiger partial charge in [-0.2, -0.15) is 0 Å². The fourth-order valence-electron chi connectivity index (χ4n) is 13.3. The van der Waals surface area contributed by atoms with Gasteiger partial charge in [0.2, 0.25) is 0 Å². The molecule has 10 N–H and O–H groups in total. The van der Waals surface area contributed by atoms with E-state index in [9.17, 15) is 39.4 Å². The Bertz CT molecular complexity index is 3500. The van der Waals surface area contributed by atoms with E-state index < -0.39 is 107 Å². The van der Waals surface area contributed by atoms with Gasteiger partial charge in [-0.1, -0.05) is 71.7 Å². The lowest BCUT2D eigenvalue weighted by atomic mass is 9.92. The molecule has 24 heteroatoms. The molecule has 488 valence electrons. The summed E-state index contributed by atoms with van der Waals surface area (Å²) < 4.78 is 97.4.